The molecule has 3 heterocycles. The molecule has 0 saturated carbocycles. The third-order valence-electron chi connectivity index (χ3n) is 4.16. The molecule has 1 fully saturated rings. The molecule has 5 nitrogen and oxygen atoms in total. The second-order valence-electron chi connectivity index (χ2n) is 5.88. The molecule has 0 bridgehead atoms. The van der Waals surface area contributed by atoms with Crippen LogP contribution >= 0.6 is 0 Å². The van der Waals surface area contributed by atoms with Crippen molar-refractivity contribution >= 4 is 11.6 Å². The van der Waals surface area contributed by atoms with Gasteiger partial charge < -0.3 is 10.2 Å². The Balaban J connectivity index is 1.54. The number of nitrogens with one attached hydrogen (secondary N) is 1. The van der Waals surface area contributed by atoms with Crippen molar-refractivity contribution in [2.24, 2.45) is 0 Å². The minimum Gasteiger partial charge on any atom is -0.370 e. The average Bonchev–Trinajstić information content (AvgIpc) is 2.62. The number of halogens is 3. The number of hydrogen-bond donors (Lipinski definition) is 1. The third-order valence-corrected chi connectivity index (χ3v) is 4.16. The maximum Gasteiger partial charge on any atom is 0.433 e. The van der Waals surface area contributed by atoms with Gasteiger partial charge in [-0.3, -0.25) is 9.78 Å². The highest BCUT2D eigenvalue weighted by molar-refractivity contribution is 5.94. The fourth-order valence-electron chi connectivity index (χ4n) is 2.79. The molecule has 8 heteroatoms. The van der Waals surface area contributed by atoms with Crippen LogP contribution in [0.3, 0.4) is 0 Å². The Hall–Kier alpha value is -2.64. The summed E-state index contributed by atoms with van der Waals surface area (Å²) in [6.07, 6.45) is 1.37. The smallest absolute Gasteiger partial charge is 0.370 e. The largest absolute Gasteiger partial charge is 0.433 e. The van der Waals surface area contributed by atoms with Crippen molar-refractivity contribution < 1.29 is 18.0 Å². The van der Waals surface area contributed by atoms with Gasteiger partial charge in [0.1, 0.15) is 5.69 Å². The lowest BCUT2D eigenvalue weighted by Gasteiger charge is -2.33. The summed E-state index contributed by atoms with van der Waals surface area (Å²) >= 11 is 0. The molecule has 1 aliphatic heterocycles. The lowest BCUT2D eigenvalue weighted by atomic mass is 10.0. The van der Waals surface area contributed by atoms with Gasteiger partial charge in [-0.1, -0.05) is 0 Å². The molecule has 1 aliphatic rings. The fraction of sp³-hybridized carbons (Fsp3) is 0.353. The van der Waals surface area contributed by atoms with E-state index in [1.54, 1.807) is 18.3 Å². The summed E-state index contributed by atoms with van der Waals surface area (Å²) in [4.78, 5) is 21.5. The van der Waals surface area contributed by atoms with E-state index in [4.69, 9.17) is 0 Å². The third kappa shape index (κ3) is 4.26. The number of pyridine rings is 2. The van der Waals surface area contributed by atoms with E-state index in [9.17, 15) is 18.0 Å². The summed E-state index contributed by atoms with van der Waals surface area (Å²) < 4.78 is 37.7. The van der Waals surface area contributed by atoms with Crippen molar-refractivity contribution in [3.05, 3.63) is 54.1 Å². The monoisotopic (exact) mass is 350 g/mol. The predicted octanol–water partition coefficient (Wildman–Crippen LogP) is 2.89. The fourth-order valence-corrected chi connectivity index (χ4v) is 2.79. The lowest BCUT2D eigenvalue weighted by molar-refractivity contribution is -0.141. The molecular formula is C17H17F3N4O. The van der Waals surface area contributed by atoms with E-state index in [0.717, 1.165) is 6.07 Å². The number of carbonyl (C=O) groups excluding carboxylic acids is 1. The molecule has 0 aromatic carbocycles. The minimum absolute atomic E-state index is 0.0337. The van der Waals surface area contributed by atoms with E-state index >= 15 is 0 Å². The zero-order chi connectivity index (χ0) is 17.9. The van der Waals surface area contributed by atoms with E-state index < -0.39 is 11.9 Å². The summed E-state index contributed by atoms with van der Waals surface area (Å²) in [6, 6.07) is 5.86. The normalized spacial score (nSPS) is 15.9. The second kappa shape index (κ2) is 7.08. The zero-order valence-corrected chi connectivity index (χ0v) is 13.3. The number of carbonyl (C=O) groups is 1. The van der Waals surface area contributed by atoms with Gasteiger partial charge in [0, 0.05) is 31.5 Å². The van der Waals surface area contributed by atoms with Crippen LogP contribution in [-0.4, -0.2) is 35.0 Å². The number of piperidine rings is 1. The van der Waals surface area contributed by atoms with Gasteiger partial charge in [-0.2, -0.15) is 13.2 Å². The lowest BCUT2D eigenvalue weighted by Crippen LogP contribution is -2.44. The molecule has 3 rings (SSSR count). The van der Waals surface area contributed by atoms with Crippen LogP contribution in [0, 0.1) is 0 Å². The topological polar surface area (TPSA) is 58.1 Å². The van der Waals surface area contributed by atoms with Crippen molar-refractivity contribution in [3.63, 3.8) is 0 Å². The summed E-state index contributed by atoms with van der Waals surface area (Å²) in [5.74, 6) is -0.164. The number of rotatable bonds is 3. The Morgan fingerprint density at radius 2 is 1.92 bits per heavy atom. The van der Waals surface area contributed by atoms with Crippen molar-refractivity contribution in [1.29, 1.82) is 0 Å². The van der Waals surface area contributed by atoms with Gasteiger partial charge in [0.25, 0.3) is 5.91 Å². The molecule has 0 aliphatic carbocycles. The van der Waals surface area contributed by atoms with Gasteiger partial charge in [-0.15, -0.1) is 0 Å². The number of nitrogens with zero attached hydrogens (tertiary/aromatic N) is 3. The van der Waals surface area contributed by atoms with Gasteiger partial charge in [0.05, 0.1) is 17.4 Å². The van der Waals surface area contributed by atoms with Gasteiger partial charge in [0.2, 0.25) is 0 Å². The van der Waals surface area contributed by atoms with Gasteiger partial charge in [-0.25, -0.2) is 4.98 Å². The number of amides is 1. The first-order chi connectivity index (χ1) is 11.9. The van der Waals surface area contributed by atoms with Gasteiger partial charge >= 0.3 is 6.18 Å². The van der Waals surface area contributed by atoms with Crippen molar-refractivity contribution in [2.45, 2.75) is 25.1 Å². The summed E-state index contributed by atoms with van der Waals surface area (Å²) in [6.45, 7) is 1.29. The average molecular weight is 350 g/mol. The highest BCUT2D eigenvalue weighted by Gasteiger charge is 2.32. The summed E-state index contributed by atoms with van der Waals surface area (Å²) in [7, 11) is 0. The molecule has 2 aromatic rings. The summed E-state index contributed by atoms with van der Waals surface area (Å²) in [5.41, 5.74) is 0.275. The van der Waals surface area contributed by atoms with Gasteiger partial charge in [-0.05, 0) is 37.1 Å². The predicted molar refractivity (Wildman–Crippen MR) is 86.2 cm³/mol. The van der Waals surface area contributed by atoms with Crippen LogP contribution in [0.5, 0.6) is 0 Å². The standard InChI is InChI=1S/C17H17F3N4O/c18-17(19,20)15-4-3-14(11-22-15)24-8-5-13(6-9-24)23-16(25)12-2-1-7-21-10-12/h1-4,7,10-11,13H,5-6,8-9H2,(H,23,25). The second-order valence-corrected chi connectivity index (χ2v) is 5.88. The Morgan fingerprint density at radius 1 is 1.16 bits per heavy atom. The van der Waals surface area contributed by atoms with Crippen LogP contribution in [-0.2, 0) is 6.18 Å². The van der Waals surface area contributed by atoms with Crippen LogP contribution in [0.15, 0.2) is 42.9 Å². The molecular weight excluding hydrogens is 333 g/mol. The van der Waals surface area contributed by atoms with Crippen LogP contribution < -0.4 is 10.2 Å². The van der Waals surface area contributed by atoms with E-state index in [-0.39, 0.29) is 11.9 Å². The molecule has 1 saturated heterocycles. The zero-order valence-electron chi connectivity index (χ0n) is 13.3. The molecule has 25 heavy (non-hydrogen) atoms. The number of alkyl halides is 3. The molecule has 2 aromatic heterocycles. The van der Waals surface area contributed by atoms with E-state index in [0.29, 0.717) is 37.2 Å². The maximum atomic E-state index is 12.6. The first kappa shape index (κ1) is 17.2. The first-order valence-electron chi connectivity index (χ1n) is 7.92. The van der Waals surface area contributed by atoms with E-state index in [1.807, 2.05) is 4.90 Å². The van der Waals surface area contributed by atoms with Crippen molar-refractivity contribution in [1.82, 2.24) is 15.3 Å². The van der Waals surface area contributed by atoms with Gasteiger partial charge in [0.15, 0.2) is 0 Å². The Bertz CT molecular complexity index is 711. The van der Waals surface area contributed by atoms with Crippen LogP contribution in [0.25, 0.3) is 0 Å². The van der Waals surface area contributed by atoms with Crippen LogP contribution in [0.4, 0.5) is 18.9 Å². The quantitative estimate of drug-likeness (QED) is 0.925. The molecule has 132 valence electrons. The van der Waals surface area contributed by atoms with Crippen molar-refractivity contribution in [3.8, 4) is 0 Å². The molecule has 0 radical (unpaired) electrons. The highest BCUT2D eigenvalue weighted by atomic mass is 19.4. The summed E-state index contributed by atoms with van der Waals surface area (Å²) in [5, 5.41) is 2.97. The number of hydrogen-bond acceptors (Lipinski definition) is 4. The molecule has 0 spiro atoms. The van der Waals surface area contributed by atoms with Crippen LogP contribution in [0.2, 0.25) is 0 Å². The number of anilines is 1. The Labute approximate surface area is 142 Å². The van der Waals surface area contributed by atoms with Crippen molar-refractivity contribution in [2.75, 3.05) is 18.0 Å². The van der Waals surface area contributed by atoms with Crippen LogP contribution in [0.1, 0.15) is 28.9 Å². The number of aromatic nitrogens is 2. The SMILES string of the molecule is O=C(NC1CCN(c2ccc(C(F)(F)F)nc2)CC1)c1cccnc1. The first-order valence-corrected chi connectivity index (χ1v) is 7.92. The Morgan fingerprint density at radius 3 is 2.48 bits per heavy atom. The molecule has 0 unspecified atom stereocenters. The Kier molecular flexibility index (Phi) is 4.87. The molecule has 1 amide bonds. The molecule has 0 atom stereocenters. The maximum absolute atomic E-state index is 12.6. The molecule has 1 N–H and O–H groups in total. The van der Waals surface area contributed by atoms with E-state index in [2.05, 4.69) is 15.3 Å². The highest BCUT2D eigenvalue weighted by Crippen LogP contribution is 2.29. The minimum atomic E-state index is -4.43. The van der Waals surface area contributed by atoms with E-state index in [1.165, 1.54) is 18.5 Å².